The molecule has 1 atom stereocenters. The molecule has 0 saturated heterocycles. The van der Waals surface area contributed by atoms with Crippen LogP contribution in [0.2, 0.25) is 0 Å². The van der Waals surface area contributed by atoms with Gasteiger partial charge in [0.2, 0.25) is 0 Å². The van der Waals surface area contributed by atoms with Crippen molar-refractivity contribution in [1.82, 2.24) is 0 Å². The lowest BCUT2D eigenvalue weighted by molar-refractivity contribution is 0.149. The van der Waals surface area contributed by atoms with Crippen LogP contribution >= 0.6 is 0 Å². The molecule has 0 aliphatic carbocycles. The smallest absolute Gasteiger partial charge is 0.158 e. The molecule has 0 spiro atoms. The molecule has 0 aromatic heterocycles. The summed E-state index contributed by atoms with van der Waals surface area (Å²) >= 11 is 0. The van der Waals surface area contributed by atoms with Gasteiger partial charge in [0.15, 0.2) is 0 Å². The van der Waals surface area contributed by atoms with Gasteiger partial charge in [-0.05, 0) is 9.85 Å². The second-order valence-corrected chi connectivity index (χ2v) is 3.50. The molecule has 0 saturated carbocycles. The Labute approximate surface area is 77.1 Å². The Morgan fingerprint density at radius 2 is 1.92 bits per heavy atom. The highest BCUT2D eigenvalue weighted by molar-refractivity contribution is 7.88. The van der Waals surface area contributed by atoms with Gasteiger partial charge in [0.25, 0.3) is 0 Å². The average molecular weight is 203 g/mol. The molecular formula is C7H9NO4S+. The van der Waals surface area contributed by atoms with E-state index in [1.54, 1.807) is 24.3 Å². The minimum Gasteiger partial charge on any atom is -0.158 e. The summed E-state index contributed by atoms with van der Waals surface area (Å²) in [5, 5.41) is 0. The van der Waals surface area contributed by atoms with Gasteiger partial charge in [0, 0.05) is 4.21 Å². The molecule has 0 bridgehead atoms. The van der Waals surface area contributed by atoms with Gasteiger partial charge in [-0.25, -0.2) is 0 Å². The average Bonchev–Trinajstić information content (AvgIpc) is 2.17. The summed E-state index contributed by atoms with van der Waals surface area (Å²) in [5.74, 6) is 4.46. The molecule has 71 valence electrons. The molecule has 1 radical (unpaired) electrons. The van der Waals surface area contributed by atoms with Crippen LogP contribution in [0.1, 0.15) is 5.56 Å². The van der Waals surface area contributed by atoms with Crippen LogP contribution in [0.3, 0.4) is 0 Å². The third kappa shape index (κ3) is 3.62. The van der Waals surface area contributed by atoms with E-state index in [2.05, 4.69) is 14.4 Å². The van der Waals surface area contributed by atoms with Crippen molar-refractivity contribution < 1.29 is 17.2 Å². The first-order valence-electron chi connectivity index (χ1n) is 3.46. The third-order valence-corrected chi connectivity index (χ3v) is 1.97. The molecule has 5 nitrogen and oxygen atoms in total. The summed E-state index contributed by atoms with van der Waals surface area (Å²) in [6.07, 6.45) is 0. The summed E-state index contributed by atoms with van der Waals surface area (Å²) in [6.45, 7) is -0.0830. The molecule has 13 heavy (non-hydrogen) atoms. The molecule has 6 heteroatoms. The zero-order valence-corrected chi connectivity index (χ0v) is 7.53. The van der Waals surface area contributed by atoms with E-state index in [1.807, 2.05) is 6.07 Å². The first-order chi connectivity index (χ1) is 6.14. The SMILES string of the molecule is NO[S+]([O])(=O)OCc1ccccc1. The predicted molar refractivity (Wildman–Crippen MR) is 45.2 cm³/mol. The molecule has 1 rings (SSSR count). The van der Waals surface area contributed by atoms with Gasteiger partial charge >= 0.3 is 10.8 Å². The molecule has 1 aromatic carbocycles. The first kappa shape index (κ1) is 10.3. The molecule has 1 aromatic rings. The van der Waals surface area contributed by atoms with Crippen molar-refractivity contribution in [3.63, 3.8) is 0 Å². The summed E-state index contributed by atoms with van der Waals surface area (Å²) in [5.41, 5.74) is 0.725. The Hall–Kier alpha value is -0.790. The molecular weight excluding hydrogens is 194 g/mol. The fourth-order valence-electron chi connectivity index (χ4n) is 0.742. The predicted octanol–water partition coefficient (Wildman–Crippen LogP) is 0.769. The van der Waals surface area contributed by atoms with Crippen LogP contribution in [-0.2, 0) is 34.6 Å². The van der Waals surface area contributed by atoms with E-state index in [0.717, 1.165) is 5.56 Å². The highest BCUT2D eigenvalue weighted by Crippen LogP contribution is 2.08. The number of hydrogen-bond acceptors (Lipinski definition) is 4. The second-order valence-electron chi connectivity index (χ2n) is 2.25. The maximum atomic E-state index is 10.6. The third-order valence-electron chi connectivity index (χ3n) is 1.33. The lowest BCUT2D eigenvalue weighted by Crippen LogP contribution is -2.19. The van der Waals surface area contributed by atoms with Crippen molar-refractivity contribution >= 4 is 10.8 Å². The second kappa shape index (κ2) is 4.45. The van der Waals surface area contributed by atoms with Crippen molar-refractivity contribution in [2.24, 2.45) is 5.90 Å². The highest BCUT2D eigenvalue weighted by Gasteiger charge is 2.32. The van der Waals surface area contributed by atoms with Crippen molar-refractivity contribution in [3.8, 4) is 0 Å². The summed E-state index contributed by atoms with van der Waals surface area (Å²) in [7, 11) is -4.04. The number of benzene rings is 1. The van der Waals surface area contributed by atoms with Crippen LogP contribution in [0.5, 0.6) is 0 Å². The van der Waals surface area contributed by atoms with Crippen LogP contribution < -0.4 is 5.90 Å². The molecule has 0 amide bonds. The summed E-state index contributed by atoms with van der Waals surface area (Å²) in [4.78, 5) is 0. The number of hydrogen-bond donors (Lipinski definition) is 1. The minimum atomic E-state index is -4.04. The Morgan fingerprint density at radius 1 is 1.31 bits per heavy atom. The van der Waals surface area contributed by atoms with E-state index in [4.69, 9.17) is 0 Å². The van der Waals surface area contributed by atoms with Crippen molar-refractivity contribution in [2.45, 2.75) is 6.61 Å². The number of nitrogens with two attached hydrogens (primary N) is 1. The monoisotopic (exact) mass is 203 g/mol. The van der Waals surface area contributed by atoms with Gasteiger partial charge in [-0.1, -0.05) is 30.3 Å². The van der Waals surface area contributed by atoms with Crippen LogP contribution in [0, 0.1) is 0 Å². The minimum absolute atomic E-state index is 0.0830. The summed E-state index contributed by atoms with van der Waals surface area (Å²) in [6, 6.07) is 8.82. The van der Waals surface area contributed by atoms with E-state index in [1.165, 1.54) is 0 Å². The molecule has 0 aliphatic rings. The highest BCUT2D eigenvalue weighted by atomic mass is 32.3. The molecule has 0 heterocycles. The largest absolute Gasteiger partial charge is 0.564 e. The van der Waals surface area contributed by atoms with Crippen molar-refractivity contribution in [2.75, 3.05) is 0 Å². The molecule has 2 N–H and O–H groups in total. The standard InChI is InChI=1S/C7H9NO4S/c8-12-13(9,10)11-6-7-4-2-1-3-5-7/h1-5H,6,8H2/q+1. The lowest BCUT2D eigenvalue weighted by atomic mass is 10.2. The molecule has 0 fully saturated rings. The Kier molecular flexibility index (Phi) is 3.52. The van der Waals surface area contributed by atoms with Crippen LogP contribution in [-0.4, -0.2) is 0 Å². The lowest BCUT2D eigenvalue weighted by Gasteiger charge is -1.97. The van der Waals surface area contributed by atoms with E-state index < -0.39 is 10.8 Å². The zero-order valence-electron chi connectivity index (χ0n) is 6.71. The first-order valence-corrected chi connectivity index (χ1v) is 4.79. The number of rotatable bonds is 4. The van der Waals surface area contributed by atoms with E-state index in [0.29, 0.717) is 0 Å². The fourth-order valence-corrected chi connectivity index (χ4v) is 1.08. The van der Waals surface area contributed by atoms with Gasteiger partial charge in [0.05, 0.1) is 0 Å². The van der Waals surface area contributed by atoms with E-state index in [9.17, 15) is 8.76 Å². The fraction of sp³-hybridized carbons (Fsp3) is 0.143. The normalized spacial score (nSPS) is 15.2. The van der Waals surface area contributed by atoms with E-state index in [-0.39, 0.29) is 6.61 Å². The van der Waals surface area contributed by atoms with Gasteiger partial charge in [0.1, 0.15) is 11.2 Å². The summed E-state index contributed by atoms with van der Waals surface area (Å²) < 4.78 is 29.2. The van der Waals surface area contributed by atoms with E-state index >= 15 is 0 Å². The Morgan fingerprint density at radius 3 is 2.46 bits per heavy atom. The quantitative estimate of drug-likeness (QED) is 0.578. The van der Waals surface area contributed by atoms with Crippen molar-refractivity contribution in [3.05, 3.63) is 35.9 Å². The maximum absolute atomic E-state index is 10.6. The molecule has 1 unspecified atom stereocenters. The van der Waals surface area contributed by atoms with Crippen LogP contribution in [0.15, 0.2) is 30.3 Å². The van der Waals surface area contributed by atoms with Gasteiger partial charge in [-0.15, -0.1) is 4.18 Å². The Bertz CT molecular complexity index is 303. The Balaban J connectivity index is 2.49. The van der Waals surface area contributed by atoms with Gasteiger partial charge in [-0.2, -0.15) is 5.90 Å². The molecule has 0 aliphatic heterocycles. The van der Waals surface area contributed by atoms with Gasteiger partial charge < -0.3 is 0 Å². The van der Waals surface area contributed by atoms with Crippen LogP contribution in [0.25, 0.3) is 0 Å². The van der Waals surface area contributed by atoms with Crippen LogP contribution in [0.4, 0.5) is 0 Å². The maximum Gasteiger partial charge on any atom is 0.564 e. The van der Waals surface area contributed by atoms with Gasteiger partial charge in [-0.3, -0.25) is 0 Å². The van der Waals surface area contributed by atoms with Crippen molar-refractivity contribution in [1.29, 1.82) is 0 Å². The topological polar surface area (TPSA) is 81.5 Å². The zero-order chi connectivity index (χ0) is 9.73.